The average Bonchev–Trinajstić information content (AvgIpc) is 3.16. The van der Waals surface area contributed by atoms with E-state index in [0.29, 0.717) is 24.5 Å². The Hall–Kier alpha value is -1.46. The van der Waals surface area contributed by atoms with Crippen molar-refractivity contribution in [3.63, 3.8) is 0 Å². The van der Waals surface area contributed by atoms with E-state index in [2.05, 4.69) is 29.5 Å². The molecule has 0 bridgehead atoms. The van der Waals surface area contributed by atoms with E-state index in [1.54, 1.807) is 0 Å². The summed E-state index contributed by atoms with van der Waals surface area (Å²) in [5.41, 5.74) is 5.36. The van der Waals surface area contributed by atoms with Crippen molar-refractivity contribution in [2.24, 2.45) is 16.6 Å². The fourth-order valence-corrected chi connectivity index (χ4v) is 1.87. The van der Waals surface area contributed by atoms with E-state index >= 15 is 0 Å². The first-order valence-corrected chi connectivity index (χ1v) is 7.77. The maximum Gasteiger partial charge on any atom is 0.407 e. The number of aliphatic imine (C=N–C) groups is 1. The van der Waals surface area contributed by atoms with Crippen molar-refractivity contribution in [3.05, 3.63) is 0 Å². The Morgan fingerprint density at radius 3 is 2.48 bits per heavy atom. The Balaban J connectivity index is 2.47. The van der Waals surface area contributed by atoms with E-state index in [1.165, 1.54) is 0 Å². The highest BCUT2D eigenvalue weighted by Gasteiger charge is 2.33. The van der Waals surface area contributed by atoms with E-state index < -0.39 is 5.60 Å². The molecule has 0 heterocycles. The van der Waals surface area contributed by atoms with Crippen molar-refractivity contribution in [3.8, 4) is 0 Å². The fraction of sp³-hybridized carbons (Fsp3) is 0.867. The SMILES string of the molecule is CCC(C)NC(N)=NCC(NC(=O)OC(C)(C)C)C1CC1. The van der Waals surface area contributed by atoms with Crippen LogP contribution in [-0.4, -0.2) is 36.3 Å². The highest BCUT2D eigenvalue weighted by Crippen LogP contribution is 2.32. The lowest BCUT2D eigenvalue weighted by Crippen LogP contribution is -2.43. The van der Waals surface area contributed by atoms with Crippen LogP contribution in [-0.2, 0) is 4.74 Å². The molecule has 1 fully saturated rings. The van der Waals surface area contributed by atoms with Crippen LogP contribution in [0.15, 0.2) is 4.99 Å². The molecule has 4 N–H and O–H groups in total. The van der Waals surface area contributed by atoms with Gasteiger partial charge in [-0.2, -0.15) is 0 Å². The van der Waals surface area contributed by atoms with Crippen LogP contribution in [0.5, 0.6) is 0 Å². The van der Waals surface area contributed by atoms with Gasteiger partial charge in [-0.1, -0.05) is 6.92 Å². The summed E-state index contributed by atoms with van der Waals surface area (Å²) in [7, 11) is 0. The number of nitrogens with one attached hydrogen (secondary N) is 2. The molecule has 1 amide bonds. The quantitative estimate of drug-likeness (QED) is 0.517. The number of rotatable bonds is 6. The van der Waals surface area contributed by atoms with Gasteiger partial charge in [0.15, 0.2) is 5.96 Å². The predicted octanol–water partition coefficient (Wildman–Crippen LogP) is 1.99. The summed E-state index contributed by atoms with van der Waals surface area (Å²) < 4.78 is 5.29. The number of alkyl carbamates (subject to hydrolysis) is 1. The second kappa shape index (κ2) is 7.52. The van der Waals surface area contributed by atoms with Crippen molar-refractivity contribution in [1.82, 2.24) is 10.6 Å². The Morgan fingerprint density at radius 1 is 1.38 bits per heavy atom. The lowest BCUT2D eigenvalue weighted by molar-refractivity contribution is 0.0500. The van der Waals surface area contributed by atoms with Crippen LogP contribution in [0.2, 0.25) is 0 Å². The van der Waals surface area contributed by atoms with Crippen molar-refractivity contribution in [2.45, 2.75) is 71.6 Å². The second-order valence-electron chi connectivity index (χ2n) is 6.77. The molecule has 6 nitrogen and oxygen atoms in total. The van der Waals surface area contributed by atoms with Crippen LogP contribution in [0.4, 0.5) is 4.79 Å². The molecule has 1 saturated carbocycles. The first-order chi connectivity index (χ1) is 9.71. The van der Waals surface area contributed by atoms with Crippen molar-refractivity contribution in [1.29, 1.82) is 0 Å². The number of carbonyl (C=O) groups excluding carboxylic acids is 1. The molecule has 0 aromatic heterocycles. The van der Waals surface area contributed by atoms with Crippen molar-refractivity contribution >= 4 is 12.1 Å². The number of carbonyl (C=O) groups is 1. The summed E-state index contributed by atoms with van der Waals surface area (Å²) >= 11 is 0. The predicted molar refractivity (Wildman–Crippen MR) is 85.3 cm³/mol. The van der Waals surface area contributed by atoms with Gasteiger partial charge in [-0.25, -0.2) is 4.79 Å². The Bertz CT molecular complexity index is 372. The normalized spacial score (nSPS) is 18.8. The van der Waals surface area contributed by atoms with Gasteiger partial charge in [-0.3, -0.25) is 4.99 Å². The number of nitrogens with two attached hydrogens (primary N) is 1. The van der Waals surface area contributed by atoms with Gasteiger partial charge in [0.2, 0.25) is 0 Å². The second-order valence-corrected chi connectivity index (χ2v) is 6.77. The standard InChI is InChI=1S/C15H30N4O2/c1-6-10(2)18-13(16)17-9-12(11-7-8-11)19-14(20)21-15(3,4)5/h10-12H,6-9H2,1-5H3,(H,19,20)(H3,16,17,18). The summed E-state index contributed by atoms with van der Waals surface area (Å²) in [6.07, 6.45) is 2.84. The Kier molecular flexibility index (Phi) is 6.30. The van der Waals surface area contributed by atoms with Crippen LogP contribution < -0.4 is 16.4 Å². The molecular formula is C15H30N4O2. The maximum atomic E-state index is 11.8. The third-order valence-corrected chi connectivity index (χ3v) is 3.36. The van der Waals surface area contributed by atoms with Gasteiger partial charge in [0.05, 0.1) is 12.6 Å². The van der Waals surface area contributed by atoms with E-state index in [-0.39, 0.29) is 12.1 Å². The van der Waals surface area contributed by atoms with Crippen LogP contribution in [0.1, 0.15) is 53.9 Å². The minimum absolute atomic E-state index is 0.00265. The highest BCUT2D eigenvalue weighted by molar-refractivity contribution is 5.78. The minimum Gasteiger partial charge on any atom is -0.444 e. The summed E-state index contributed by atoms with van der Waals surface area (Å²) in [4.78, 5) is 16.2. The molecule has 0 spiro atoms. The lowest BCUT2D eigenvalue weighted by atomic mass is 10.2. The first kappa shape index (κ1) is 17.6. The third-order valence-electron chi connectivity index (χ3n) is 3.36. The molecule has 1 rings (SSSR count). The third kappa shape index (κ3) is 7.78. The van der Waals surface area contributed by atoms with Crippen molar-refractivity contribution in [2.75, 3.05) is 6.54 Å². The fourth-order valence-electron chi connectivity index (χ4n) is 1.87. The number of ether oxygens (including phenoxy) is 1. The summed E-state index contributed by atoms with van der Waals surface area (Å²) in [5, 5.41) is 6.03. The lowest BCUT2D eigenvalue weighted by Gasteiger charge is -2.23. The summed E-state index contributed by atoms with van der Waals surface area (Å²) in [6.45, 7) is 10.2. The van der Waals surface area contributed by atoms with Gasteiger partial charge >= 0.3 is 6.09 Å². The molecule has 6 heteroatoms. The number of hydrogen-bond donors (Lipinski definition) is 3. The van der Waals surface area contributed by atoms with E-state index in [1.807, 2.05) is 20.8 Å². The Morgan fingerprint density at radius 2 is 2.00 bits per heavy atom. The first-order valence-electron chi connectivity index (χ1n) is 7.77. The molecule has 21 heavy (non-hydrogen) atoms. The minimum atomic E-state index is -0.488. The zero-order valence-electron chi connectivity index (χ0n) is 13.9. The molecule has 122 valence electrons. The topological polar surface area (TPSA) is 88.7 Å². The molecule has 0 aromatic rings. The molecule has 1 aliphatic rings. The largest absolute Gasteiger partial charge is 0.444 e. The number of amides is 1. The molecular weight excluding hydrogens is 268 g/mol. The number of hydrogen-bond acceptors (Lipinski definition) is 3. The van der Waals surface area contributed by atoms with Gasteiger partial charge in [0, 0.05) is 6.04 Å². The molecule has 0 saturated heterocycles. The van der Waals surface area contributed by atoms with Crippen LogP contribution in [0.25, 0.3) is 0 Å². The van der Waals surface area contributed by atoms with Crippen LogP contribution in [0, 0.1) is 5.92 Å². The van der Waals surface area contributed by atoms with Gasteiger partial charge in [-0.05, 0) is 52.9 Å². The van der Waals surface area contributed by atoms with E-state index in [9.17, 15) is 4.79 Å². The van der Waals surface area contributed by atoms with Gasteiger partial charge in [0.25, 0.3) is 0 Å². The molecule has 1 aliphatic carbocycles. The maximum absolute atomic E-state index is 11.8. The molecule has 0 aliphatic heterocycles. The zero-order valence-corrected chi connectivity index (χ0v) is 13.9. The van der Waals surface area contributed by atoms with E-state index in [4.69, 9.17) is 10.5 Å². The van der Waals surface area contributed by atoms with Gasteiger partial charge in [0.1, 0.15) is 5.60 Å². The monoisotopic (exact) mass is 298 g/mol. The van der Waals surface area contributed by atoms with Crippen molar-refractivity contribution < 1.29 is 9.53 Å². The molecule has 2 unspecified atom stereocenters. The number of guanidine groups is 1. The summed E-state index contributed by atoms with van der Waals surface area (Å²) in [5.74, 6) is 0.915. The number of nitrogens with zero attached hydrogens (tertiary/aromatic N) is 1. The van der Waals surface area contributed by atoms with Crippen LogP contribution >= 0.6 is 0 Å². The molecule has 0 radical (unpaired) electrons. The smallest absolute Gasteiger partial charge is 0.407 e. The molecule has 2 atom stereocenters. The van der Waals surface area contributed by atoms with Gasteiger partial charge < -0.3 is 21.1 Å². The van der Waals surface area contributed by atoms with E-state index in [0.717, 1.165) is 19.3 Å². The molecule has 0 aromatic carbocycles. The Labute approximate surface area is 127 Å². The summed E-state index contributed by atoms with van der Waals surface area (Å²) in [6, 6.07) is 0.295. The van der Waals surface area contributed by atoms with Crippen LogP contribution in [0.3, 0.4) is 0 Å². The highest BCUT2D eigenvalue weighted by atomic mass is 16.6. The zero-order chi connectivity index (χ0) is 16.0. The van der Waals surface area contributed by atoms with Gasteiger partial charge in [-0.15, -0.1) is 0 Å². The average molecular weight is 298 g/mol.